The molecule has 6 heteroatoms. The normalized spacial score (nSPS) is 21.5. The van der Waals surface area contributed by atoms with Crippen molar-refractivity contribution in [2.75, 3.05) is 20.8 Å². The zero-order chi connectivity index (χ0) is 22.1. The van der Waals surface area contributed by atoms with E-state index in [9.17, 15) is 9.59 Å². The topological polar surface area (TPSA) is 65.1 Å². The highest BCUT2D eigenvalue weighted by atomic mass is 16.6. The summed E-state index contributed by atoms with van der Waals surface area (Å²) in [5.41, 5.74) is 0.274. The van der Waals surface area contributed by atoms with Crippen molar-refractivity contribution in [3.05, 3.63) is 54.1 Å². The molecule has 0 spiro atoms. The van der Waals surface area contributed by atoms with Crippen LogP contribution in [0.15, 0.2) is 43.0 Å². The zero-order valence-electron chi connectivity index (χ0n) is 18.2. The lowest BCUT2D eigenvalue weighted by molar-refractivity contribution is -0.145. The lowest BCUT2D eigenvalue weighted by Crippen LogP contribution is -2.44. The first kappa shape index (κ1) is 21.8. The van der Waals surface area contributed by atoms with Gasteiger partial charge >= 0.3 is 12.1 Å². The minimum atomic E-state index is -0.877. The van der Waals surface area contributed by atoms with Crippen LogP contribution in [0.3, 0.4) is 0 Å². The number of nitrogens with zero attached hydrogens (tertiary/aromatic N) is 1. The van der Waals surface area contributed by atoms with Crippen LogP contribution in [-0.4, -0.2) is 49.4 Å². The molecule has 160 valence electrons. The third-order valence-corrected chi connectivity index (χ3v) is 5.46. The van der Waals surface area contributed by atoms with Gasteiger partial charge in [-0.1, -0.05) is 36.9 Å². The van der Waals surface area contributed by atoms with Gasteiger partial charge in [-0.25, -0.2) is 9.59 Å². The van der Waals surface area contributed by atoms with Gasteiger partial charge in [-0.3, -0.25) is 4.90 Å². The molecule has 2 aromatic carbocycles. The van der Waals surface area contributed by atoms with Gasteiger partial charge < -0.3 is 14.2 Å². The molecule has 3 rings (SSSR count). The molecule has 2 unspecified atom stereocenters. The van der Waals surface area contributed by atoms with Crippen molar-refractivity contribution in [3.8, 4) is 0 Å². The Balaban J connectivity index is 2.08. The minimum Gasteiger partial charge on any atom is -0.467 e. The SMILES string of the molecule is C=Cc1cc(C2(OC)CC(C(=O)OC)N(C(=O)OC(C)(C)C)C2)cc2ccccc12. The van der Waals surface area contributed by atoms with Crippen LogP contribution < -0.4 is 0 Å². The summed E-state index contributed by atoms with van der Waals surface area (Å²) in [7, 11) is 2.91. The molecule has 1 fully saturated rings. The summed E-state index contributed by atoms with van der Waals surface area (Å²) in [5.74, 6) is -0.496. The van der Waals surface area contributed by atoms with E-state index in [1.165, 1.54) is 12.0 Å². The Morgan fingerprint density at radius 3 is 2.50 bits per heavy atom. The number of carbonyl (C=O) groups excluding carboxylic acids is 2. The molecule has 0 aliphatic carbocycles. The van der Waals surface area contributed by atoms with E-state index in [1.54, 1.807) is 34.0 Å². The predicted molar refractivity (Wildman–Crippen MR) is 116 cm³/mol. The number of rotatable bonds is 4. The molecule has 0 bridgehead atoms. The smallest absolute Gasteiger partial charge is 0.411 e. The maximum atomic E-state index is 12.9. The van der Waals surface area contributed by atoms with Crippen LogP contribution >= 0.6 is 0 Å². The van der Waals surface area contributed by atoms with Crippen LogP contribution in [0, 0.1) is 0 Å². The van der Waals surface area contributed by atoms with Crippen LogP contribution in [0.4, 0.5) is 4.79 Å². The Morgan fingerprint density at radius 2 is 1.90 bits per heavy atom. The van der Waals surface area contributed by atoms with Gasteiger partial charge in [0.25, 0.3) is 0 Å². The zero-order valence-corrected chi connectivity index (χ0v) is 18.2. The molecule has 2 atom stereocenters. The third-order valence-electron chi connectivity index (χ3n) is 5.46. The van der Waals surface area contributed by atoms with Gasteiger partial charge in [0, 0.05) is 13.5 Å². The van der Waals surface area contributed by atoms with Crippen LogP contribution in [0.2, 0.25) is 0 Å². The highest BCUT2D eigenvalue weighted by Gasteiger charge is 2.52. The molecule has 1 saturated heterocycles. The Bertz CT molecular complexity index is 977. The molecular formula is C24H29NO5. The van der Waals surface area contributed by atoms with E-state index < -0.39 is 29.3 Å². The Hall–Kier alpha value is -2.86. The van der Waals surface area contributed by atoms with Crippen molar-refractivity contribution in [2.24, 2.45) is 0 Å². The highest BCUT2D eigenvalue weighted by Crippen LogP contribution is 2.41. The summed E-state index contributed by atoms with van der Waals surface area (Å²) in [5, 5.41) is 2.11. The number of fused-ring (bicyclic) bond motifs is 1. The van der Waals surface area contributed by atoms with Crippen molar-refractivity contribution in [1.82, 2.24) is 4.90 Å². The molecule has 0 N–H and O–H groups in total. The van der Waals surface area contributed by atoms with Crippen molar-refractivity contribution in [3.63, 3.8) is 0 Å². The van der Waals surface area contributed by atoms with Crippen LogP contribution in [-0.2, 0) is 24.6 Å². The van der Waals surface area contributed by atoms with Gasteiger partial charge in [-0.05, 0) is 54.8 Å². The predicted octanol–water partition coefficient (Wildman–Crippen LogP) is 4.51. The maximum absolute atomic E-state index is 12.9. The van der Waals surface area contributed by atoms with Crippen LogP contribution in [0.1, 0.15) is 38.3 Å². The molecule has 30 heavy (non-hydrogen) atoms. The minimum absolute atomic E-state index is 0.174. The number of ether oxygens (including phenoxy) is 3. The van der Waals surface area contributed by atoms with Gasteiger partial charge in [0.15, 0.2) is 0 Å². The van der Waals surface area contributed by atoms with Crippen molar-refractivity contribution in [1.29, 1.82) is 0 Å². The molecule has 0 aromatic heterocycles. The molecule has 6 nitrogen and oxygen atoms in total. The average molecular weight is 411 g/mol. The van der Waals surface area contributed by atoms with Crippen molar-refractivity contribution in [2.45, 2.75) is 44.4 Å². The molecule has 0 radical (unpaired) electrons. The second-order valence-corrected chi connectivity index (χ2v) is 8.54. The lowest BCUT2D eigenvalue weighted by Gasteiger charge is -2.30. The Morgan fingerprint density at radius 1 is 1.20 bits per heavy atom. The largest absolute Gasteiger partial charge is 0.467 e. The molecule has 1 amide bonds. The second kappa shape index (κ2) is 8.11. The summed E-state index contributed by atoms with van der Waals surface area (Å²) in [6, 6.07) is 11.3. The fraction of sp³-hybridized carbons (Fsp3) is 0.417. The van der Waals surface area contributed by atoms with E-state index in [-0.39, 0.29) is 13.0 Å². The van der Waals surface area contributed by atoms with Crippen molar-refractivity contribution < 1.29 is 23.8 Å². The highest BCUT2D eigenvalue weighted by molar-refractivity contribution is 5.91. The summed E-state index contributed by atoms with van der Waals surface area (Å²) in [4.78, 5) is 26.8. The first-order valence-corrected chi connectivity index (χ1v) is 9.92. The molecule has 1 aliphatic rings. The lowest BCUT2D eigenvalue weighted by atomic mass is 9.87. The molecule has 1 heterocycles. The standard InChI is InChI=1S/C24H29NO5/c1-7-16-12-18(13-17-10-8-9-11-19(16)17)24(29-6)14-20(21(26)28-5)25(15-24)22(27)30-23(2,3)4/h7-13,20H,1,14-15H2,2-6H3. The van der Waals surface area contributed by atoms with Gasteiger partial charge in [0.1, 0.15) is 17.2 Å². The fourth-order valence-electron chi connectivity index (χ4n) is 3.98. The Kier molecular flexibility index (Phi) is 5.90. The number of hydrogen-bond acceptors (Lipinski definition) is 5. The molecule has 1 aliphatic heterocycles. The number of methoxy groups -OCH3 is 2. The van der Waals surface area contributed by atoms with E-state index in [4.69, 9.17) is 14.2 Å². The summed E-state index contributed by atoms with van der Waals surface area (Å²) >= 11 is 0. The van der Waals surface area contributed by atoms with E-state index in [0.717, 1.165) is 21.9 Å². The average Bonchev–Trinajstić information content (AvgIpc) is 3.12. The van der Waals surface area contributed by atoms with E-state index in [0.29, 0.717) is 0 Å². The Labute approximate surface area is 177 Å². The first-order chi connectivity index (χ1) is 14.1. The van der Waals surface area contributed by atoms with E-state index in [2.05, 4.69) is 6.58 Å². The van der Waals surface area contributed by atoms with Gasteiger partial charge in [0.05, 0.1) is 13.7 Å². The number of amides is 1. The molecular weight excluding hydrogens is 382 g/mol. The van der Waals surface area contributed by atoms with Crippen molar-refractivity contribution >= 4 is 28.9 Å². The summed E-state index contributed by atoms with van der Waals surface area (Å²) in [6.45, 7) is 9.48. The second-order valence-electron chi connectivity index (χ2n) is 8.54. The third kappa shape index (κ3) is 4.05. The fourth-order valence-corrected chi connectivity index (χ4v) is 3.98. The number of likely N-dealkylation sites (tertiary alicyclic amines) is 1. The molecule has 0 saturated carbocycles. The van der Waals surface area contributed by atoms with Gasteiger partial charge in [-0.2, -0.15) is 0 Å². The maximum Gasteiger partial charge on any atom is 0.411 e. The summed E-state index contributed by atoms with van der Waals surface area (Å²) in [6.07, 6.45) is 1.50. The first-order valence-electron chi connectivity index (χ1n) is 9.92. The van der Waals surface area contributed by atoms with E-state index >= 15 is 0 Å². The van der Waals surface area contributed by atoms with Gasteiger partial charge in [-0.15, -0.1) is 0 Å². The quantitative estimate of drug-likeness (QED) is 0.693. The summed E-state index contributed by atoms with van der Waals surface area (Å²) < 4.78 is 16.5. The monoisotopic (exact) mass is 411 g/mol. The number of hydrogen-bond donors (Lipinski definition) is 0. The molecule has 2 aromatic rings. The number of benzene rings is 2. The number of carbonyl (C=O) groups is 2. The van der Waals surface area contributed by atoms with Gasteiger partial charge in [0.2, 0.25) is 0 Å². The van der Waals surface area contributed by atoms with E-state index in [1.807, 2.05) is 36.4 Å². The van der Waals surface area contributed by atoms with Crippen LogP contribution in [0.25, 0.3) is 16.8 Å². The number of esters is 1. The van der Waals surface area contributed by atoms with Crippen LogP contribution in [0.5, 0.6) is 0 Å².